The largest absolute Gasteiger partial charge is 0.393 e. The van der Waals surface area contributed by atoms with Crippen molar-refractivity contribution in [1.82, 2.24) is 10.6 Å². The number of aliphatic hydroxyl groups excluding tert-OH is 1. The molecule has 1 aliphatic rings. The number of hydrogen-bond donors (Lipinski definition) is 3. The first kappa shape index (κ1) is 26.2. The summed E-state index contributed by atoms with van der Waals surface area (Å²) in [5, 5.41) is 18.9. The van der Waals surface area contributed by atoms with Crippen molar-refractivity contribution in [2.45, 2.75) is 45.4 Å². The summed E-state index contributed by atoms with van der Waals surface area (Å²) >= 11 is 0. The Morgan fingerprint density at radius 2 is 1.85 bits per heavy atom. The van der Waals surface area contributed by atoms with Crippen molar-refractivity contribution in [2.24, 2.45) is 4.99 Å². The van der Waals surface area contributed by atoms with Gasteiger partial charge < -0.3 is 20.6 Å². The average molecular weight is 576 g/mol. The van der Waals surface area contributed by atoms with E-state index in [9.17, 15) is 9.50 Å². The number of fused-ring (bicyclic) bond motifs is 1. The molecule has 0 spiro atoms. The van der Waals surface area contributed by atoms with E-state index in [-0.39, 0.29) is 41.9 Å². The van der Waals surface area contributed by atoms with E-state index >= 15 is 0 Å². The van der Waals surface area contributed by atoms with E-state index in [2.05, 4.69) is 60.0 Å². The number of aliphatic imine (C=N–C) groups is 1. The summed E-state index contributed by atoms with van der Waals surface area (Å²) in [5.41, 5.74) is 2.63. The van der Waals surface area contributed by atoms with Crippen LogP contribution in [0.3, 0.4) is 0 Å². The molecular formula is C27H34FIN4O. The Morgan fingerprint density at radius 1 is 1.12 bits per heavy atom. The van der Waals surface area contributed by atoms with Crippen LogP contribution in [0.1, 0.15) is 43.9 Å². The van der Waals surface area contributed by atoms with Gasteiger partial charge in [-0.15, -0.1) is 24.0 Å². The Hall–Kier alpha value is -2.39. The third-order valence-corrected chi connectivity index (χ3v) is 6.22. The molecule has 4 rings (SSSR count). The van der Waals surface area contributed by atoms with Crippen molar-refractivity contribution in [3.63, 3.8) is 0 Å². The van der Waals surface area contributed by atoms with Gasteiger partial charge in [0.05, 0.1) is 24.4 Å². The number of halogens is 2. The van der Waals surface area contributed by atoms with Gasteiger partial charge >= 0.3 is 0 Å². The van der Waals surface area contributed by atoms with Crippen LogP contribution in [0.4, 0.5) is 10.1 Å². The van der Waals surface area contributed by atoms with Gasteiger partial charge in [0.1, 0.15) is 5.82 Å². The highest BCUT2D eigenvalue weighted by Crippen LogP contribution is 2.25. The molecule has 0 aromatic heterocycles. The first-order chi connectivity index (χ1) is 16.0. The Morgan fingerprint density at radius 3 is 2.59 bits per heavy atom. The topological polar surface area (TPSA) is 59.9 Å². The lowest BCUT2D eigenvalue weighted by Crippen LogP contribution is -2.38. The van der Waals surface area contributed by atoms with Crippen LogP contribution in [0.25, 0.3) is 10.8 Å². The summed E-state index contributed by atoms with van der Waals surface area (Å²) in [6.07, 6.45) is 1.09. The molecule has 1 unspecified atom stereocenters. The lowest BCUT2D eigenvalue weighted by molar-refractivity contribution is 0.145. The zero-order valence-corrected chi connectivity index (χ0v) is 22.1. The molecule has 182 valence electrons. The molecule has 3 aromatic carbocycles. The highest BCUT2D eigenvalue weighted by molar-refractivity contribution is 14.0. The molecule has 1 aliphatic heterocycles. The van der Waals surface area contributed by atoms with E-state index in [4.69, 9.17) is 4.99 Å². The number of nitrogens with one attached hydrogen (secondary N) is 2. The zero-order chi connectivity index (χ0) is 23.2. The molecule has 3 aromatic rings. The molecule has 1 saturated heterocycles. The summed E-state index contributed by atoms with van der Waals surface area (Å²) in [6.45, 7) is 6.63. The summed E-state index contributed by atoms with van der Waals surface area (Å²) in [5.74, 6) is 0.466. The number of benzene rings is 3. The van der Waals surface area contributed by atoms with Gasteiger partial charge in [-0.3, -0.25) is 0 Å². The third kappa shape index (κ3) is 6.39. The maximum Gasteiger partial charge on any atom is 0.192 e. The van der Waals surface area contributed by atoms with E-state index in [1.54, 1.807) is 6.07 Å². The summed E-state index contributed by atoms with van der Waals surface area (Å²) in [6, 6.07) is 20.1. The van der Waals surface area contributed by atoms with Crippen LogP contribution in [0.2, 0.25) is 0 Å². The van der Waals surface area contributed by atoms with Gasteiger partial charge in [-0.2, -0.15) is 0 Å². The van der Waals surface area contributed by atoms with Gasteiger partial charge in [0.2, 0.25) is 0 Å². The molecule has 34 heavy (non-hydrogen) atoms. The maximum atomic E-state index is 14.8. The number of hydrogen-bond acceptors (Lipinski definition) is 3. The van der Waals surface area contributed by atoms with Crippen LogP contribution in [-0.4, -0.2) is 36.8 Å². The van der Waals surface area contributed by atoms with Gasteiger partial charge in [0.15, 0.2) is 5.96 Å². The van der Waals surface area contributed by atoms with Crippen LogP contribution in [0.15, 0.2) is 65.7 Å². The first-order valence-corrected chi connectivity index (χ1v) is 11.8. The molecule has 3 N–H and O–H groups in total. The Balaban J connectivity index is 0.00000324. The van der Waals surface area contributed by atoms with Crippen molar-refractivity contribution in [1.29, 1.82) is 0 Å². The van der Waals surface area contributed by atoms with Crippen LogP contribution in [0, 0.1) is 5.82 Å². The quantitative estimate of drug-likeness (QED) is 0.210. The second-order valence-electron chi connectivity index (χ2n) is 8.63. The minimum absolute atomic E-state index is 0. The van der Waals surface area contributed by atoms with Crippen LogP contribution < -0.4 is 15.5 Å². The van der Waals surface area contributed by atoms with Crippen molar-refractivity contribution in [3.8, 4) is 0 Å². The van der Waals surface area contributed by atoms with E-state index < -0.39 is 0 Å². The molecular weight excluding hydrogens is 542 g/mol. The van der Waals surface area contributed by atoms with Crippen molar-refractivity contribution in [3.05, 3.63) is 77.6 Å². The number of nitrogens with zero attached hydrogens (tertiary/aromatic N) is 2. The molecule has 0 amide bonds. The van der Waals surface area contributed by atoms with Crippen LogP contribution in [0.5, 0.6) is 0 Å². The van der Waals surface area contributed by atoms with E-state index in [1.807, 2.05) is 24.0 Å². The molecule has 0 saturated carbocycles. The third-order valence-electron chi connectivity index (χ3n) is 6.22. The zero-order valence-electron chi connectivity index (χ0n) is 19.8. The van der Waals surface area contributed by atoms with Gasteiger partial charge in [-0.1, -0.05) is 48.5 Å². The molecule has 7 heteroatoms. The fraction of sp³-hybridized carbons (Fsp3) is 0.370. The first-order valence-electron chi connectivity index (χ1n) is 11.8. The molecule has 1 heterocycles. The highest BCUT2D eigenvalue weighted by atomic mass is 127. The number of guanidine groups is 1. The summed E-state index contributed by atoms with van der Waals surface area (Å²) in [4.78, 5) is 6.71. The van der Waals surface area contributed by atoms with Crippen molar-refractivity contribution >= 4 is 46.4 Å². The van der Waals surface area contributed by atoms with Gasteiger partial charge in [0, 0.05) is 19.6 Å². The summed E-state index contributed by atoms with van der Waals surface area (Å²) in [7, 11) is 0. The normalized spacial score (nSPS) is 15.6. The van der Waals surface area contributed by atoms with E-state index in [0.717, 1.165) is 12.1 Å². The number of anilines is 1. The fourth-order valence-electron chi connectivity index (χ4n) is 4.41. The minimum atomic E-state index is -0.272. The van der Waals surface area contributed by atoms with Gasteiger partial charge in [-0.25, -0.2) is 9.38 Å². The monoisotopic (exact) mass is 576 g/mol. The predicted octanol–water partition coefficient (Wildman–Crippen LogP) is 5.37. The van der Waals surface area contributed by atoms with Crippen LogP contribution in [-0.2, 0) is 6.54 Å². The Bertz CT molecular complexity index is 1110. The fourth-order valence-corrected chi connectivity index (χ4v) is 4.41. The van der Waals surface area contributed by atoms with E-state index in [0.29, 0.717) is 44.1 Å². The van der Waals surface area contributed by atoms with Gasteiger partial charge in [0.25, 0.3) is 0 Å². The standard InChI is InChI=1S/C27H33FN4O.HI/c1-3-29-27(31-19(2)23-10-6-8-21-7-4-5-9-24(21)23)30-18-20-11-12-26(25(28)17-20)32-15-13-22(33)14-16-32;/h4-12,17,19,22,33H,3,13-16,18H2,1-2H3,(H2,29,30,31);1H. The minimum Gasteiger partial charge on any atom is -0.393 e. The maximum absolute atomic E-state index is 14.8. The average Bonchev–Trinajstić information content (AvgIpc) is 2.83. The second kappa shape index (κ2) is 12.4. The van der Waals surface area contributed by atoms with Crippen LogP contribution >= 0.6 is 24.0 Å². The second-order valence-corrected chi connectivity index (χ2v) is 8.63. The number of piperidine rings is 1. The van der Waals surface area contributed by atoms with E-state index in [1.165, 1.54) is 16.3 Å². The Labute approximate surface area is 218 Å². The van der Waals surface area contributed by atoms with Gasteiger partial charge in [-0.05, 0) is 60.7 Å². The number of aliphatic hydroxyl groups is 1. The predicted molar refractivity (Wildman–Crippen MR) is 150 cm³/mol. The molecule has 0 aliphatic carbocycles. The van der Waals surface area contributed by atoms with Crippen molar-refractivity contribution < 1.29 is 9.50 Å². The smallest absolute Gasteiger partial charge is 0.192 e. The highest BCUT2D eigenvalue weighted by Gasteiger charge is 2.19. The Kier molecular flexibility index (Phi) is 9.53. The lowest BCUT2D eigenvalue weighted by atomic mass is 10.00. The molecule has 1 atom stereocenters. The lowest BCUT2D eigenvalue weighted by Gasteiger charge is -2.31. The molecule has 0 bridgehead atoms. The SMILES string of the molecule is CCNC(=NCc1ccc(N2CCC(O)CC2)c(F)c1)NC(C)c1cccc2ccccc12.I. The van der Waals surface area contributed by atoms with Crippen molar-refractivity contribution in [2.75, 3.05) is 24.5 Å². The molecule has 0 radical (unpaired) electrons. The summed E-state index contributed by atoms with van der Waals surface area (Å²) < 4.78 is 14.8. The molecule has 5 nitrogen and oxygen atoms in total. The molecule has 1 fully saturated rings. The number of rotatable bonds is 6.